The lowest BCUT2D eigenvalue weighted by atomic mass is 10.2. The van der Waals surface area contributed by atoms with E-state index in [4.69, 9.17) is 4.74 Å². The number of rotatable bonds is 7. The highest BCUT2D eigenvalue weighted by Crippen LogP contribution is 2.25. The van der Waals surface area contributed by atoms with Crippen LogP contribution in [0.15, 0.2) is 54.6 Å². The minimum Gasteiger partial charge on any atom is -0.494 e. The molecule has 0 unspecified atom stereocenters. The average molecular weight is 401 g/mol. The number of sulfonamides is 1. The van der Waals surface area contributed by atoms with Gasteiger partial charge in [0, 0.05) is 18.3 Å². The largest absolute Gasteiger partial charge is 0.494 e. The van der Waals surface area contributed by atoms with Crippen LogP contribution in [0.5, 0.6) is 5.75 Å². The van der Waals surface area contributed by atoms with Gasteiger partial charge in [-0.05, 0) is 60.9 Å². The van der Waals surface area contributed by atoms with Gasteiger partial charge in [-0.3, -0.25) is 9.10 Å². The molecule has 1 aliphatic heterocycles. The molecule has 0 bridgehead atoms. The first-order chi connectivity index (χ1) is 13.5. The first-order valence-corrected chi connectivity index (χ1v) is 10.9. The maximum atomic E-state index is 12.1. The third-order valence-electron chi connectivity index (χ3n) is 4.30. The Balaban J connectivity index is 1.56. The summed E-state index contributed by atoms with van der Waals surface area (Å²) < 4.78 is 30.9. The van der Waals surface area contributed by atoms with Gasteiger partial charge < -0.3 is 10.1 Å². The monoisotopic (exact) mass is 400 g/mol. The number of nitrogens with zero attached hydrogens (tertiary/aromatic N) is 1. The topological polar surface area (TPSA) is 75.7 Å². The molecule has 2 aromatic rings. The minimum absolute atomic E-state index is 0.183. The minimum atomic E-state index is -3.20. The highest BCUT2D eigenvalue weighted by atomic mass is 32.2. The lowest BCUT2D eigenvalue weighted by Gasteiger charge is -2.17. The Labute approximate surface area is 165 Å². The first kappa shape index (κ1) is 19.9. The van der Waals surface area contributed by atoms with Crippen LogP contribution in [0.3, 0.4) is 0 Å². The molecule has 7 heteroatoms. The summed E-state index contributed by atoms with van der Waals surface area (Å²) in [7, 11) is -3.20. The van der Waals surface area contributed by atoms with Crippen LogP contribution in [0.25, 0.3) is 6.08 Å². The molecule has 2 aromatic carbocycles. The van der Waals surface area contributed by atoms with Gasteiger partial charge in [0.1, 0.15) is 5.75 Å². The molecule has 0 radical (unpaired) electrons. The highest BCUT2D eigenvalue weighted by Gasteiger charge is 2.28. The van der Waals surface area contributed by atoms with E-state index in [-0.39, 0.29) is 11.7 Å². The number of carbonyl (C=O) groups excluding carboxylic acids is 1. The van der Waals surface area contributed by atoms with E-state index < -0.39 is 10.0 Å². The molecule has 0 saturated carbocycles. The van der Waals surface area contributed by atoms with E-state index >= 15 is 0 Å². The molecule has 0 spiro atoms. The summed E-state index contributed by atoms with van der Waals surface area (Å²) in [5.74, 6) is 0.735. The lowest BCUT2D eigenvalue weighted by molar-refractivity contribution is -0.111. The SMILES string of the molecule is CCCOc1ccc(/C=C/C(=O)Nc2ccc(N3CCCS3(=O)=O)cc2)cc1. The van der Waals surface area contributed by atoms with E-state index in [0.29, 0.717) is 30.9 Å². The molecule has 28 heavy (non-hydrogen) atoms. The van der Waals surface area contributed by atoms with Gasteiger partial charge in [-0.1, -0.05) is 19.1 Å². The molecule has 3 rings (SSSR count). The summed E-state index contributed by atoms with van der Waals surface area (Å²) in [6.07, 6.45) is 4.78. The number of anilines is 2. The zero-order valence-electron chi connectivity index (χ0n) is 15.8. The second-order valence-corrected chi connectivity index (χ2v) is 8.54. The summed E-state index contributed by atoms with van der Waals surface area (Å²) in [6.45, 7) is 3.23. The van der Waals surface area contributed by atoms with Crippen molar-refractivity contribution < 1.29 is 17.9 Å². The van der Waals surface area contributed by atoms with Gasteiger partial charge in [-0.2, -0.15) is 0 Å². The second-order valence-electron chi connectivity index (χ2n) is 6.53. The first-order valence-electron chi connectivity index (χ1n) is 9.30. The molecular weight excluding hydrogens is 376 g/mol. The van der Waals surface area contributed by atoms with Gasteiger partial charge >= 0.3 is 0 Å². The maximum absolute atomic E-state index is 12.1. The zero-order valence-corrected chi connectivity index (χ0v) is 16.6. The number of amides is 1. The molecule has 1 amide bonds. The van der Waals surface area contributed by atoms with E-state index in [1.807, 2.05) is 24.3 Å². The molecule has 1 aliphatic rings. The van der Waals surface area contributed by atoms with Crippen LogP contribution < -0.4 is 14.4 Å². The van der Waals surface area contributed by atoms with Gasteiger partial charge in [0.15, 0.2) is 0 Å². The number of carbonyl (C=O) groups is 1. The Morgan fingerprint density at radius 1 is 1.14 bits per heavy atom. The van der Waals surface area contributed by atoms with Crippen molar-refractivity contribution in [2.45, 2.75) is 19.8 Å². The van der Waals surface area contributed by atoms with Gasteiger partial charge in [0.25, 0.3) is 0 Å². The molecule has 0 atom stereocenters. The fraction of sp³-hybridized carbons (Fsp3) is 0.286. The summed E-state index contributed by atoms with van der Waals surface area (Å²) >= 11 is 0. The van der Waals surface area contributed by atoms with E-state index in [0.717, 1.165) is 17.7 Å². The van der Waals surface area contributed by atoms with Crippen molar-refractivity contribution >= 4 is 33.4 Å². The Hall–Kier alpha value is -2.80. The van der Waals surface area contributed by atoms with Crippen LogP contribution in [-0.2, 0) is 14.8 Å². The number of ether oxygens (including phenoxy) is 1. The normalized spacial score (nSPS) is 15.7. The van der Waals surface area contributed by atoms with Gasteiger partial charge in [0.2, 0.25) is 15.9 Å². The summed E-state index contributed by atoms with van der Waals surface area (Å²) in [5.41, 5.74) is 2.13. The Bertz CT molecular complexity index is 935. The van der Waals surface area contributed by atoms with Crippen LogP contribution >= 0.6 is 0 Å². The van der Waals surface area contributed by atoms with E-state index in [9.17, 15) is 13.2 Å². The maximum Gasteiger partial charge on any atom is 0.248 e. The lowest BCUT2D eigenvalue weighted by Crippen LogP contribution is -2.24. The predicted octanol–water partition coefficient (Wildman–Crippen LogP) is 3.67. The van der Waals surface area contributed by atoms with Crippen molar-refractivity contribution in [3.05, 3.63) is 60.2 Å². The standard InChI is InChI=1S/C21H24N2O4S/c1-2-15-27-20-11-4-17(5-12-20)6-13-21(24)22-18-7-9-19(10-8-18)23-14-3-16-28(23,25)26/h4-13H,2-3,14-16H2,1H3,(H,22,24)/b13-6+. The highest BCUT2D eigenvalue weighted by molar-refractivity contribution is 7.93. The van der Waals surface area contributed by atoms with Crippen molar-refractivity contribution in [1.82, 2.24) is 0 Å². The molecular formula is C21H24N2O4S. The Morgan fingerprint density at radius 3 is 2.46 bits per heavy atom. The molecule has 0 aliphatic carbocycles. The number of hydrogen-bond acceptors (Lipinski definition) is 4. The number of hydrogen-bond donors (Lipinski definition) is 1. The fourth-order valence-electron chi connectivity index (χ4n) is 2.89. The van der Waals surface area contributed by atoms with Crippen LogP contribution in [0.2, 0.25) is 0 Å². The van der Waals surface area contributed by atoms with Gasteiger partial charge in [-0.15, -0.1) is 0 Å². The van der Waals surface area contributed by atoms with Crippen LogP contribution in [0.1, 0.15) is 25.3 Å². The number of benzene rings is 2. The molecule has 6 nitrogen and oxygen atoms in total. The smallest absolute Gasteiger partial charge is 0.248 e. The van der Waals surface area contributed by atoms with Crippen LogP contribution in [0, 0.1) is 0 Å². The molecule has 1 heterocycles. The van der Waals surface area contributed by atoms with Crippen molar-refractivity contribution in [2.24, 2.45) is 0 Å². The van der Waals surface area contributed by atoms with E-state index in [1.54, 1.807) is 30.3 Å². The molecule has 1 N–H and O–H groups in total. The number of nitrogens with one attached hydrogen (secondary N) is 1. The molecule has 0 aromatic heterocycles. The third-order valence-corrected chi connectivity index (χ3v) is 6.17. The predicted molar refractivity (Wildman–Crippen MR) is 112 cm³/mol. The van der Waals surface area contributed by atoms with Gasteiger partial charge in [-0.25, -0.2) is 8.42 Å². The van der Waals surface area contributed by atoms with Crippen molar-refractivity contribution in [2.75, 3.05) is 28.5 Å². The van der Waals surface area contributed by atoms with Crippen molar-refractivity contribution in [3.63, 3.8) is 0 Å². The van der Waals surface area contributed by atoms with Crippen molar-refractivity contribution in [1.29, 1.82) is 0 Å². The summed E-state index contributed by atoms with van der Waals surface area (Å²) in [5, 5.41) is 2.77. The van der Waals surface area contributed by atoms with Crippen LogP contribution in [-0.4, -0.2) is 33.2 Å². The third kappa shape index (κ3) is 5.13. The van der Waals surface area contributed by atoms with Crippen LogP contribution in [0.4, 0.5) is 11.4 Å². The zero-order chi connectivity index (χ0) is 20.0. The van der Waals surface area contributed by atoms with E-state index in [1.165, 1.54) is 10.4 Å². The summed E-state index contributed by atoms with van der Waals surface area (Å²) in [6, 6.07) is 14.3. The van der Waals surface area contributed by atoms with E-state index in [2.05, 4.69) is 12.2 Å². The quantitative estimate of drug-likeness (QED) is 0.720. The van der Waals surface area contributed by atoms with Gasteiger partial charge in [0.05, 0.1) is 18.0 Å². The fourth-order valence-corrected chi connectivity index (χ4v) is 4.46. The Morgan fingerprint density at radius 2 is 1.86 bits per heavy atom. The van der Waals surface area contributed by atoms with Crippen molar-refractivity contribution in [3.8, 4) is 5.75 Å². The molecule has 148 valence electrons. The average Bonchev–Trinajstić information content (AvgIpc) is 3.05. The molecule has 1 fully saturated rings. The summed E-state index contributed by atoms with van der Waals surface area (Å²) in [4.78, 5) is 12.1. The molecule has 1 saturated heterocycles. The second kappa shape index (κ2) is 8.93. The Kier molecular flexibility index (Phi) is 6.36.